The van der Waals surface area contributed by atoms with Crippen LogP contribution >= 0.6 is 32.9 Å². The Kier molecular flexibility index (Phi) is 4.16. The summed E-state index contributed by atoms with van der Waals surface area (Å²) in [5.41, 5.74) is 1.02. The van der Waals surface area contributed by atoms with E-state index < -0.39 is 16.1 Å². The minimum atomic E-state index is -0.898. The van der Waals surface area contributed by atoms with E-state index in [1.54, 1.807) is 0 Å². The third-order valence-corrected chi connectivity index (χ3v) is 4.54. The molecule has 56 valence electrons. The van der Waals surface area contributed by atoms with Crippen molar-refractivity contribution in [3.63, 3.8) is 0 Å². The number of hydrogen-bond donors (Lipinski definition) is 0. The molecule has 0 spiro atoms. The van der Waals surface area contributed by atoms with Gasteiger partial charge in [-0.15, -0.1) is 0 Å². The van der Waals surface area contributed by atoms with Gasteiger partial charge in [0, 0.05) is 0 Å². The quantitative estimate of drug-likeness (QED) is 0.711. The van der Waals surface area contributed by atoms with E-state index in [1.165, 1.54) is 0 Å². The maximum atomic E-state index is 5.90. The molecular formula is C7H5Cl3Zn. The van der Waals surface area contributed by atoms with E-state index in [4.69, 9.17) is 32.9 Å². The number of hydrogen-bond acceptors (Lipinski definition) is 0. The summed E-state index contributed by atoms with van der Waals surface area (Å²) >= 11 is 10.9. The molecule has 1 aromatic rings. The number of rotatable bonds is 2. The first kappa shape index (κ1) is 9.80. The third-order valence-electron chi connectivity index (χ3n) is 1.41. The summed E-state index contributed by atoms with van der Waals surface area (Å²) in [4.78, 5) is 0. The van der Waals surface area contributed by atoms with Gasteiger partial charge in [-0.05, 0) is 0 Å². The van der Waals surface area contributed by atoms with E-state index in [0.717, 1.165) is 20.6 Å². The van der Waals surface area contributed by atoms with Crippen molar-refractivity contribution in [3.05, 3.63) is 33.8 Å². The Bertz CT molecular complexity index is 229. The Morgan fingerprint density at radius 3 is 2.18 bits per heavy atom. The predicted octanol–water partition coefficient (Wildman–Crippen LogP) is 3.73. The second kappa shape index (κ2) is 4.67. The molecule has 0 saturated heterocycles. The van der Waals surface area contributed by atoms with Crippen molar-refractivity contribution in [2.24, 2.45) is 0 Å². The molecule has 0 fully saturated rings. The minimum absolute atomic E-state index is 0.740. The first-order valence-electron chi connectivity index (χ1n) is 3.24. The molecule has 0 unspecified atom stereocenters. The van der Waals surface area contributed by atoms with Gasteiger partial charge in [-0.3, -0.25) is 0 Å². The van der Waals surface area contributed by atoms with Crippen molar-refractivity contribution in [2.45, 2.75) is 5.02 Å². The summed E-state index contributed by atoms with van der Waals surface area (Å²) in [6.07, 6.45) is 0. The fraction of sp³-hybridized carbons (Fsp3) is 0.143. The number of halogens is 3. The summed E-state index contributed by atoms with van der Waals surface area (Å²) in [5.74, 6) is 0. The zero-order valence-electron chi connectivity index (χ0n) is 5.78. The summed E-state index contributed by atoms with van der Waals surface area (Å²) in [5, 5.41) is 2.39. The van der Waals surface area contributed by atoms with Gasteiger partial charge in [0.05, 0.1) is 0 Å². The third kappa shape index (κ3) is 2.59. The van der Waals surface area contributed by atoms with Gasteiger partial charge in [-0.1, -0.05) is 0 Å². The summed E-state index contributed by atoms with van der Waals surface area (Å²) in [7, 11) is 5.75. The van der Waals surface area contributed by atoms with Gasteiger partial charge < -0.3 is 0 Å². The molecule has 0 aliphatic carbocycles. The molecule has 11 heavy (non-hydrogen) atoms. The van der Waals surface area contributed by atoms with Crippen LogP contribution in [0.15, 0.2) is 18.2 Å². The first-order valence-corrected chi connectivity index (χ1v) is 10.00. The van der Waals surface area contributed by atoms with Crippen LogP contribution in [-0.4, -0.2) is 0 Å². The van der Waals surface area contributed by atoms with Gasteiger partial charge in [0.1, 0.15) is 0 Å². The standard InChI is InChI=1S/C7H5Cl2.ClH.Zn/c1-5-6(8)3-2-4-7(5)9;;/h2-4H,1H2;1H;/q;;+1/p-1. The molecule has 0 heterocycles. The van der Waals surface area contributed by atoms with Gasteiger partial charge in [-0.2, -0.15) is 0 Å². The van der Waals surface area contributed by atoms with Gasteiger partial charge in [0.15, 0.2) is 0 Å². The SMILES string of the molecule is [Cl][Zn][CH2]c1c(Cl)cccc1Cl. The molecule has 1 rings (SSSR count). The van der Waals surface area contributed by atoms with Crippen LogP contribution in [0.5, 0.6) is 0 Å². The second-order valence-electron chi connectivity index (χ2n) is 2.14. The van der Waals surface area contributed by atoms with Crippen molar-refractivity contribution in [1.82, 2.24) is 0 Å². The molecule has 0 aliphatic heterocycles. The fourth-order valence-electron chi connectivity index (χ4n) is 0.866. The van der Waals surface area contributed by atoms with E-state index in [0.29, 0.717) is 0 Å². The van der Waals surface area contributed by atoms with Gasteiger partial charge in [0.25, 0.3) is 0 Å². The van der Waals surface area contributed by atoms with Crippen LogP contribution in [0.25, 0.3) is 0 Å². The monoisotopic (exact) mass is 258 g/mol. The molecule has 0 aromatic heterocycles. The van der Waals surface area contributed by atoms with Crippen LogP contribution in [0, 0.1) is 0 Å². The average molecular weight is 261 g/mol. The second-order valence-corrected chi connectivity index (χ2v) is 6.76. The topological polar surface area (TPSA) is 0 Å². The van der Waals surface area contributed by atoms with Crippen LogP contribution in [-0.2, 0) is 21.2 Å². The van der Waals surface area contributed by atoms with Crippen molar-refractivity contribution in [2.75, 3.05) is 0 Å². The molecule has 0 nitrogen and oxygen atoms in total. The van der Waals surface area contributed by atoms with Crippen molar-refractivity contribution >= 4 is 32.9 Å². The van der Waals surface area contributed by atoms with Crippen LogP contribution in [0.2, 0.25) is 10.0 Å². The molecule has 0 saturated carbocycles. The van der Waals surface area contributed by atoms with E-state index in [9.17, 15) is 0 Å². The average Bonchev–Trinajstić information content (AvgIpc) is 1.97. The summed E-state index contributed by atoms with van der Waals surface area (Å²) in [6, 6.07) is 5.53. The molecule has 4 heteroatoms. The van der Waals surface area contributed by atoms with Crippen LogP contribution in [0.1, 0.15) is 5.56 Å². The van der Waals surface area contributed by atoms with E-state index in [-0.39, 0.29) is 0 Å². The predicted molar refractivity (Wildman–Crippen MR) is 46.0 cm³/mol. The number of benzene rings is 1. The summed E-state index contributed by atoms with van der Waals surface area (Å²) < 4.78 is 0. The van der Waals surface area contributed by atoms with Gasteiger partial charge in [0.2, 0.25) is 0 Å². The van der Waals surface area contributed by atoms with Crippen molar-refractivity contribution in [1.29, 1.82) is 0 Å². The molecule has 0 atom stereocenters. The zero-order chi connectivity index (χ0) is 8.27. The first-order chi connectivity index (χ1) is 5.25. The normalized spacial score (nSPS) is 9.36. The van der Waals surface area contributed by atoms with Crippen LogP contribution < -0.4 is 0 Å². The van der Waals surface area contributed by atoms with Gasteiger partial charge in [-0.25, -0.2) is 0 Å². The molecule has 0 bridgehead atoms. The van der Waals surface area contributed by atoms with Crippen LogP contribution in [0.3, 0.4) is 0 Å². The molecule has 1 aromatic carbocycles. The Morgan fingerprint density at radius 1 is 1.18 bits per heavy atom. The Balaban J connectivity index is 3.00. The maximum absolute atomic E-state index is 5.90. The van der Waals surface area contributed by atoms with E-state index in [1.807, 2.05) is 18.2 Å². The van der Waals surface area contributed by atoms with Gasteiger partial charge >= 0.3 is 87.9 Å². The molecule has 0 radical (unpaired) electrons. The Morgan fingerprint density at radius 2 is 1.73 bits per heavy atom. The van der Waals surface area contributed by atoms with Crippen molar-refractivity contribution < 1.29 is 16.1 Å². The molecule has 0 N–H and O–H groups in total. The van der Waals surface area contributed by atoms with E-state index >= 15 is 0 Å². The molecule has 0 amide bonds. The Hall–Kier alpha value is 0.713. The van der Waals surface area contributed by atoms with Crippen LogP contribution in [0.4, 0.5) is 0 Å². The molecular weight excluding hydrogens is 256 g/mol. The van der Waals surface area contributed by atoms with E-state index in [2.05, 4.69) is 0 Å². The molecule has 0 aliphatic rings. The van der Waals surface area contributed by atoms with Crippen molar-refractivity contribution in [3.8, 4) is 0 Å². The Labute approximate surface area is 87.5 Å². The summed E-state index contributed by atoms with van der Waals surface area (Å²) in [6.45, 7) is 0. The zero-order valence-corrected chi connectivity index (χ0v) is 11.0. The fourth-order valence-corrected chi connectivity index (χ4v) is 4.63.